The number of ether oxygens (including phenoxy) is 1. The Morgan fingerprint density at radius 2 is 1.62 bits per heavy atom. The molecule has 1 N–H and O–H groups in total. The van der Waals surface area contributed by atoms with Crippen molar-refractivity contribution in [1.29, 1.82) is 0 Å². The zero-order chi connectivity index (χ0) is 15.3. The van der Waals surface area contributed by atoms with Crippen LogP contribution in [-0.4, -0.2) is 23.8 Å². The molecule has 2 nitrogen and oxygen atoms in total. The fourth-order valence-corrected chi connectivity index (χ4v) is 3.91. The van der Waals surface area contributed by atoms with Gasteiger partial charge < -0.3 is 10.1 Å². The maximum atomic E-state index is 6.75. The topological polar surface area (TPSA) is 21.3 Å². The molecule has 0 unspecified atom stereocenters. The highest BCUT2D eigenvalue weighted by Crippen LogP contribution is 2.38. The van der Waals surface area contributed by atoms with Crippen LogP contribution in [-0.2, 0) is 4.74 Å². The first kappa shape index (κ1) is 17.3. The minimum atomic E-state index is 0.112. The van der Waals surface area contributed by atoms with E-state index < -0.39 is 0 Å². The third kappa shape index (κ3) is 5.56. The maximum Gasteiger partial charge on any atom is 0.0810 e. The molecule has 2 aliphatic carbocycles. The summed E-state index contributed by atoms with van der Waals surface area (Å²) in [5.74, 6) is 0.933. The lowest BCUT2D eigenvalue weighted by atomic mass is 9.77. The number of hydrogen-bond acceptors (Lipinski definition) is 2. The smallest absolute Gasteiger partial charge is 0.0810 e. The zero-order valence-corrected chi connectivity index (χ0v) is 14.8. The van der Waals surface area contributed by atoms with Gasteiger partial charge in [-0.15, -0.1) is 0 Å². The van der Waals surface area contributed by atoms with E-state index in [1.165, 1.54) is 64.2 Å². The van der Waals surface area contributed by atoms with Gasteiger partial charge in [-0.25, -0.2) is 0 Å². The van der Waals surface area contributed by atoms with Crippen molar-refractivity contribution in [3.05, 3.63) is 0 Å². The Kier molecular flexibility index (Phi) is 6.14. The SMILES string of the molecule is CCC1CCC(CNC(C)(C)C)(OC2CCCCC2)CC1. The van der Waals surface area contributed by atoms with E-state index in [9.17, 15) is 0 Å². The normalized spacial score (nSPS) is 32.3. The van der Waals surface area contributed by atoms with Gasteiger partial charge in [-0.2, -0.15) is 0 Å². The zero-order valence-electron chi connectivity index (χ0n) is 14.8. The Morgan fingerprint density at radius 3 is 2.14 bits per heavy atom. The highest BCUT2D eigenvalue weighted by molar-refractivity contribution is 4.92. The Hall–Kier alpha value is -0.0800. The molecule has 124 valence electrons. The molecular formula is C19H37NO. The standard InChI is InChI=1S/C19H37NO/c1-5-16-11-13-19(14-12-16,15-20-18(2,3)4)21-17-9-7-6-8-10-17/h16-17,20H,5-15H2,1-4H3. The van der Waals surface area contributed by atoms with Gasteiger partial charge in [0.2, 0.25) is 0 Å². The van der Waals surface area contributed by atoms with Crippen LogP contribution in [0.25, 0.3) is 0 Å². The van der Waals surface area contributed by atoms with Crippen LogP contribution in [0.4, 0.5) is 0 Å². The Morgan fingerprint density at radius 1 is 1.00 bits per heavy atom. The predicted octanol–water partition coefficient (Wildman–Crippen LogP) is 5.06. The van der Waals surface area contributed by atoms with Crippen molar-refractivity contribution in [3.8, 4) is 0 Å². The summed E-state index contributed by atoms with van der Waals surface area (Å²) in [6.45, 7) is 10.2. The first-order valence-corrected chi connectivity index (χ1v) is 9.35. The molecule has 0 aliphatic heterocycles. The van der Waals surface area contributed by atoms with E-state index in [2.05, 4.69) is 33.0 Å². The molecule has 0 saturated heterocycles. The quantitative estimate of drug-likeness (QED) is 0.765. The largest absolute Gasteiger partial charge is 0.370 e. The van der Waals surface area contributed by atoms with Crippen molar-refractivity contribution in [1.82, 2.24) is 5.32 Å². The number of rotatable bonds is 5. The van der Waals surface area contributed by atoms with Crippen LogP contribution in [0.1, 0.15) is 91.9 Å². The van der Waals surface area contributed by atoms with Gasteiger partial charge >= 0.3 is 0 Å². The summed E-state index contributed by atoms with van der Waals surface area (Å²) < 4.78 is 6.75. The summed E-state index contributed by atoms with van der Waals surface area (Å²) in [7, 11) is 0. The molecule has 0 spiro atoms. The Balaban J connectivity index is 1.95. The lowest BCUT2D eigenvalue weighted by Gasteiger charge is -2.44. The average Bonchev–Trinajstić information content (AvgIpc) is 2.47. The maximum absolute atomic E-state index is 6.75. The van der Waals surface area contributed by atoms with E-state index in [4.69, 9.17) is 4.74 Å². The van der Waals surface area contributed by atoms with Crippen LogP contribution >= 0.6 is 0 Å². The summed E-state index contributed by atoms with van der Waals surface area (Å²) >= 11 is 0. The molecule has 0 aromatic carbocycles. The monoisotopic (exact) mass is 295 g/mol. The van der Waals surface area contributed by atoms with Crippen LogP contribution < -0.4 is 5.32 Å². The second-order valence-electron chi connectivity index (χ2n) is 8.52. The van der Waals surface area contributed by atoms with E-state index in [0.29, 0.717) is 6.10 Å². The van der Waals surface area contributed by atoms with Gasteiger partial charge in [-0.05, 0) is 65.2 Å². The van der Waals surface area contributed by atoms with Crippen molar-refractivity contribution >= 4 is 0 Å². The van der Waals surface area contributed by atoms with Crippen LogP contribution in [0.5, 0.6) is 0 Å². The molecular weight excluding hydrogens is 258 g/mol. The lowest BCUT2D eigenvalue weighted by molar-refractivity contribution is -0.129. The Bertz CT molecular complexity index is 293. The Labute approximate surface area is 132 Å². The first-order chi connectivity index (χ1) is 9.92. The van der Waals surface area contributed by atoms with Gasteiger partial charge in [-0.3, -0.25) is 0 Å². The van der Waals surface area contributed by atoms with Crippen molar-refractivity contribution in [2.45, 2.75) is 109 Å². The fourth-order valence-electron chi connectivity index (χ4n) is 3.91. The summed E-state index contributed by atoms with van der Waals surface area (Å²) in [4.78, 5) is 0. The molecule has 0 heterocycles. The summed E-state index contributed by atoms with van der Waals surface area (Å²) in [5.41, 5.74) is 0.297. The fraction of sp³-hybridized carbons (Fsp3) is 1.00. The van der Waals surface area contributed by atoms with Crippen molar-refractivity contribution in [3.63, 3.8) is 0 Å². The predicted molar refractivity (Wildman–Crippen MR) is 90.7 cm³/mol. The minimum Gasteiger partial charge on any atom is -0.370 e. The third-order valence-electron chi connectivity index (χ3n) is 5.50. The van der Waals surface area contributed by atoms with E-state index >= 15 is 0 Å². The molecule has 2 saturated carbocycles. The van der Waals surface area contributed by atoms with Gasteiger partial charge in [0.05, 0.1) is 11.7 Å². The summed E-state index contributed by atoms with van der Waals surface area (Å²) in [6.07, 6.45) is 13.8. The van der Waals surface area contributed by atoms with Crippen molar-refractivity contribution < 1.29 is 4.74 Å². The van der Waals surface area contributed by atoms with E-state index in [1.54, 1.807) is 0 Å². The summed E-state index contributed by atoms with van der Waals surface area (Å²) in [5, 5.41) is 3.73. The van der Waals surface area contributed by atoms with Crippen molar-refractivity contribution in [2.75, 3.05) is 6.54 Å². The van der Waals surface area contributed by atoms with Crippen LogP contribution in [0, 0.1) is 5.92 Å². The molecule has 0 bridgehead atoms. The molecule has 0 aromatic rings. The summed E-state index contributed by atoms with van der Waals surface area (Å²) in [6, 6.07) is 0. The van der Waals surface area contributed by atoms with Crippen LogP contribution in [0.2, 0.25) is 0 Å². The lowest BCUT2D eigenvalue weighted by Crippen LogP contribution is -2.52. The van der Waals surface area contributed by atoms with Crippen LogP contribution in [0.15, 0.2) is 0 Å². The molecule has 2 fully saturated rings. The highest BCUT2D eigenvalue weighted by Gasteiger charge is 2.38. The number of nitrogens with one attached hydrogen (secondary N) is 1. The molecule has 2 rings (SSSR count). The van der Waals surface area contributed by atoms with Crippen LogP contribution in [0.3, 0.4) is 0 Å². The molecule has 2 heteroatoms. The molecule has 0 radical (unpaired) electrons. The van der Waals surface area contributed by atoms with Gasteiger partial charge in [0, 0.05) is 12.1 Å². The molecule has 21 heavy (non-hydrogen) atoms. The highest BCUT2D eigenvalue weighted by atomic mass is 16.5. The molecule has 0 aromatic heterocycles. The van der Waals surface area contributed by atoms with Gasteiger partial charge in [0.15, 0.2) is 0 Å². The van der Waals surface area contributed by atoms with E-state index in [1.807, 2.05) is 0 Å². The minimum absolute atomic E-state index is 0.112. The molecule has 0 amide bonds. The number of hydrogen-bond donors (Lipinski definition) is 1. The second-order valence-corrected chi connectivity index (χ2v) is 8.52. The van der Waals surface area contributed by atoms with E-state index in [0.717, 1.165) is 12.5 Å². The van der Waals surface area contributed by atoms with Gasteiger partial charge in [-0.1, -0.05) is 32.6 Å². The molecule has 2 aliphatic rings. The molecule has 0 atom stereocenters. The van der Waals surface area contributed by atoms with E-state index in [-0.39, 0.29) is 11.1 Å². The second kappa shape index (κ2) is 7.46. The third-order valence-corrected chi connectivity index (χ3v) is 5.50. The van der Waals surface area contributed by atoms with Gasteiger partial charge in [0.25, 0.3) is 0 Å². The van der Waals surface area contributed by atoms with Gasteiger partial charge in [0.1, 0.15) is 0 Å². The van der Waals surface area contributed by atoms with Crippen molar-refractivity contribution in [2.24, 2.45) is 5.92 Å². The first-order valence-electron chi connectivity index (χ1n) is 9.35. The average molecular weight is 296 g/mol.